The number of aldehydes is 1. The lowest BCUT2D eigenvalue weighted by Crippen LogP contribution is -2.11. The van der Waals surface area contributed by atoms with Crippen LogP contribution >= 0.6 is 0 Å². The van der Waals surface area contributed by atoms with Crippen LogP contribution in [0.4, 0.5) is 0 Å². The van der Waals surface area contributed by atoms with Gasteiger partial charge in [-0.3, -0.25) is 4.79 Å². The second kappa shape index (κ2) is 8.60. The zero-order chi connectivity index (χ0) is 15.7. The number of aromatic nitrogens is 1. The number of carbonyl (C=O) groups excluding carboxylic acids is 1. The Kier molecular flexibility index (Phi) is 6.77. The highest BCUT2D eigenvalue weighted by atomic mass is 16.4. The van der Waals surface area contributed by atoms with Gasteiger partial charge in [0.1, 0.15) is 11.4 Å². The molecular weight excluding hydrogens is 268 g/mol. The Hall–Kier alpha value is -2.53. The first-order valence-electron chi connectivity index (χ1n) is 6.46. The Morgan fingerprint density at radius 1 is 1.19 bits per heavy atom. The molecule has 0 spiro atoms. The monoisotopic (exact) mass is 286 g/mol. The van der Waals surface area contributed by atoms with E-state index in [2.05, 4.69) is 41.5 Å². The zero-order valence-corrected chi connectivity index (χ0v) is 12.0. The highest BCUT2D eigenvalue weighted by molar-refractivity contribution is 5.86. The van der Waals surface area contributed by atoms with E-state index in [0.717, 1.165) is 0 Å². The molecule has 2 aromatic rings. The molecule has 5 heteroatoms. The maximum absolute atomic E-state index is 10.3. The number of carboxylic acid groups (broad SMARTS) is 1. The van der Waals surface area contributed by atoms with E-state index in [1.807, 2.05) is 13.1 Å². The van der Waals surface area contributed by atoms with Gasteiger partial charge in [0.25, 0.3) is 0 Å². The number of aromatic carboxylic acids is 1. The van der Waals surface area contributed by atoms with Gasteiger partial charge < -0.3 is 10.4 Å². The molecule has 0 unspecified atom stereocenters. The average molecular weight is 286 g/mol. The van der Waals surface area contributed by atoms with Crippen LogP contribution in [0.2, 0.25) is 0 Å². The van der Waals surface area contributed by atoms with E-state index < -0.39 is 5.97 Å². The van der Waals surface area contributed by atoms with Crippen LogP contribution in [-0.2, 0) is 0 Å². The minimum Gasteiger partial charge on any atom is -0.477 e. The summed E-state index contributed by atoms with van der Waals surface area (Å²) in [5, 5.41) is 11.6. The minimum absolute atomic E-state index is 0.116. The summed E-state index contributed by atoms with van der Waals surface area (Å²) < 4.78 is 0. The maximum Gasteiger partial charge on any atom is 0.354 e. The number of hydrogen-bond donors (Lipinski definition) is 2. The largest absolute Gasteiger partial charge is 0.477 e. The summed E-state index contributed by atoms with van der Waals surface area (Å²) in [6.45, 7) is 2.15. The van der Waals surface area contributed by atoms with E-state index in [0.29, 0.717) is 12.3 Å². The molecule has 5 nitrogen and oxygen atoms in total. The van der Waals surface area contributed by atoms with Gasteiger partial charge in [-0.15, -0.1) is 0 Å². The van der Waals surface area contributed by atoms with E-state index in [9.17, 15) is 9.59 Å². The fourth-order valence-corrected chi connectivity index (χ4v) is 1.54. The second-order valence-electron chi connectivity index (χ2n) is 4.29. The van der Waals surface area contributed by atoms with Crippen LogP contribution in [0.25, 0.3) is 0 Å². The fraction of sp³-hybridized carbons (Fsp3) is 0.188. The second-order valence-corrected chi connectivity index (χ2v) is 4.29. The van der Waals surface area contributed by atoms with Gasteiger partial charge in [0.05, 0.1) is 0 Å². The molecule has 0 fully saturated rings. The first-order valence-corrected chi connectivity index (χ1v) is 6.46. The van der Waals surface area contributed by atoms with E-state index in [4.69, 9.17) is 5.11 Å². The molecule has 21 heavy (non-hydrogen) atoms. The summed E-state index contributed by atoms with van der Waals surface area (Å²) in [5.74, 6) is -1.13. The van der Waals surface area contributed by atoms with E-state index in [-0.39, 0.29) is 11.4 Å². The SMILES string of the molecule is CN[C@H](C)c1ccccc1.O=Cc1cccc(C(=O)O)n1. The van der Waals surface area contributed by atoms with Crippen molar-refractivity contribution in [1.29, 1.82) is 0 Å². The number of carbonyl (C=O) groups is 2. The van der Waals surface area contributed by atoms with Crippen LogP contribution in [-0.4, -0.2) is 29.4 Å². The molecule has 1 heterocycles. The molecule has 0 radical (unpaired) electrons. The van der Waals surface area contributed by atoms with E-state index >= 15 is 0 Å². The average Bonchev–Trinajstić information content (AvgIpc) is 2.55. The van der Waals surface area contributed by atoms with Gasteiger partial charge in [-0.2, -0.15) is 0 Å². The molecule has 0 aliphatic heterocycles. The van der Waals surface area contributed by atoms with Crippen molar-refractivity contribution >= 4 is 12.3 Å². The predicted molar refractivity (Wildman–Crippen MR) is 80.5 cm³/mol. The van der Waals surface area contributed by atoms with Gasteiger partial charge >= 0.3 is 5.97 Å². The van der Waals surface area contributed by atoms with Crippen LogP contribution < -0.4 is 5.32 Å². The number of nitrogens with one attached hydrogen (secondary N) is 1. The van der Waals surface area contributed by atoms with Crippen molar-refractivity contribution in [2.75, 3.05) is 7.05 Å². The Bertz CT molecular complexity index is 585. The van der Waals surface area contributed by atoms with Gasteiger partial charge in [0.2, 0.25) is 0 Å². The van der Waals surface area contributed by atoms with E-state index in [1.165, 1.54) is 23.8 Å². The lowest BCUT2D eigenvalue weighted by atomic mass is 10.1. The van der Waals surface area contributed by atoms with Gasteiger partial charge in [-0.05, 0) is 31.7 Å². The van der Waals surface area contributed by atoms with Crippen LogP contribution in [0, 0.1) is 0 Å². The molecule has 2 rings (SSSR count). The normalized spacial score (nSPS) is 11.0. The summed E-state index contributed by atoms with van der Waals surface area (Å²) >= 11 is 0. The molecular formula is C16H18N2O3. The smallest absolute Gasteiger partial charge is 0.354 e. The molecule has 0 aliphatic carbocycles. The number of nitrogens with zero attached hydrogens (tertiary/aromatic N) is 1. The molecule has 2 N–H and O–H groups in total. The van der Waals surface area contributed by atoms with Crippen molar-refractivity contribution < 1.29 is 14.7 Å². The van der Waals surface area contributed by atoms with Crippen molar-refractivity contribution in [2.45, 2.75) is 13.0 Å². The minimum atomic E-state index is -1.13. The molecule has 0 amide bonds. The Balaban J connectivity index is 0.000000211. The van der Waals surface area contributed by atoms with Crippen LogP contribution in [0.1, 0.15) is 39.5 Å². The van der Waals surface area contributed by atoms with Crippen molar-refractivity contribution in [1.82, 2.24) is 10.3 Å². The summed E-state index contributed by atoms with van der Waals surface area (Å²) in [4.78, 5) is 23.9. The topological polar surface area (TPSA) is 79.3 Å². The molecule has 110 valence electrons. The molecule has 0 aliphatic rings. The van der Waals surface area contributed by atoms with Crippen molar-refractivity contribution in [3.63, 3.8) is 0 Å². The Labute approximate surface area is 123 Å². The molecule has 0 saturated heterocycles. The number of hydrogen-bond acceptors (Lipinski definition) is 4. The third-order valence-electron chi connectivity index (χ3n) is 2.84. The third-order valence-corrected chi connectivity index (χ3v) is 2.84. The van der Waals surface area contributed by atoms with Gasteiger partial charge in [0, 0.05) is 6.04 Å². The highest BCUT2D eigenvalue weighted by Gasteiger charge is 2.03. The number of rotatable bonds is 4. The van der Waals surface area contributed by atoms with Crippen molar-refractivity contribution in [3.05, 3.63) is 65.5 Å². The molecule has 1 aromatic carbocycles. The van der Waals surface area contributed by atoms with Crippen molar-refractivity contribution in [2.24, 2.45) is 0 Å². The third kappa shape index (κ3) is 5.54. The zero-order valence-electron chi connectivity index (χ0n) is 12.0. The quantitative estimate of drug-likeness (QED) is 0.844. The van der Waals surface area contributed by atoms with Crippen molar-refractivity contribution in [3.8, 4) is 0 Å². The number of carboxylic acids is 1. The molecule has 1 aromatic heterocycles. The number of pyridine rings is 1. The van der Waals surface area contributed by atoms with Crippen LogP contribution in [0.5, 0.6) is 0 Å². The lowest BCUT2D eigenvalue weighted by Gasteiger charge is -2.08. The Morgan fingerprint density at radius 3 is 2.38 bits per heavy atom. The van der Waals surface area contributed by atoms with Crippen LogP contribution in [0.3, 0.4) is 0 Å². The maximum atomic E-state index is 10.3. The van der Waals surface area contributed by atoms with Gasteiger partial charge in [-0.25, -0.2) is 9.78 Å². The molecule has 0 saturated carbocycles. The van der Waals surface area contributed by atoms with Crippen LogP contribution in [0.15, 0.2) is 48.5 Å². The summed E-state index contributed by atoms with van der Waals surface area (Å²) in [6.07, 6.45) is 0.506. The van der Waals surface area contributed by atoms with E-state index in [1.54, 1.807) is 0 Å². The lowest BCUT2D eigenvalue weighted by molar-refractivity contribution is 0.0690. The molecule has 0 bridgehead atoms. The summed E-state index contributed by atoms with van der Waals surface area (Å²) in [5.41, 5.74) is 1.35. The summed E-state index contributed by atoms with van der Waals surface area (Å²) in [6, 6.07) is 15.1. The fourth-order valence-electron chi connectivity index (χ4n) is 1.54. The van der Waals surface area contributed by atoms with Gasteiger partial charge in [-0.1, -0.05) is 36.4 Å². The highest BCUT2D eigenvalue weighted by Crippen LogP contribution is 2.09. The first-order chi connectivity index (χ1) is 10.1. The number of benzene rings is 1. The predicted octanol–water partition coefficient (Wildman–Crippen LogP) is 2.56. The molecule has 1 atom stereocenters. The Morgan fingerprint density at radius 2 is 1.86 bits per heavy atom. The van der Waals surface area contributed by atoms with Gasteiger partial charge in [0.15, 0.2) is 6.29 Å². The standard InChI is InChI=1S/C9H13N.C7H5NO3/c1-8(10-2)9-6-4-3-5-7-9;9-4-5-2-1-3-6(8-5)7(10)11/h3-8,10H,1-2H3;1-4H,(H,10,11)/t8-;/m1./s1. The summed E-state index contributed by atoms with van der Waals surface area (Å²) in [7, 11) is 1.97. The first kappa shape index (κ1) is 16.5.